The molecule has 1 aliphatic heterocycles. The quantitative estimate of drug-likeness (QED) is 0.696. The van der Waals surface area contributed by atoms with Gasteiger partial charge in [-0.1, -0.05) is 0 Å². The second kappa shape index (κ2) is 8.82. The SMILES string of the molecule is COc1cc2ncc(C#N)c(N3CCC(CCNS(N)(=O)=O)CC3)c2cc1OC. The predicted molar refractivity (Wildman–Crippen MR) is 110 cm³/mol. The fourth-order valence-corrected chi connectivity index (χ4v) is 4.18. The van der Waals surface area contributed by atoms with Crippen LogP contribution in [0, 0.1) is 17.2 Å². The molecule has 0 atom stereocenters. The van der Waals surface area contributed by atoms with Crippen LogP contribution in [0.1, 0.15) is 24.8 Å². The first-order chi connectivity index (χ1) is 13.9. The standard InChI is InChI=1S/C19H25N5O4S/c1-27-17-9-15-16(10-18(17)28-2)22-12-14(11-20)19(15)24-7-4-13(5-8-24)3-6-23-29(21,25)26/h9-10,12-13,23H,3-8H2,1-2H3,(H2,21,25,26). The van der Waals surface area contributed by atoms with E-state index < -0.39 is 10.2 Å². The molecule has 3 rings (SSSR count). The summed E-state index contributed by atoms with van der Waals surface area (Å²) in [6, 6.07) is 5.92. The van der Waals surface area contributed by atoms with Crippen molar-refractivity contribution in [3.63, 3.8) is 0 Å². The van der Waals surface area contributed by atoms with Crippen molar-refractivity contribution < 1.29 is 17.9 Å². The summed E-state index contributed by atoms with van der Waals surface area (Å²) in [5.41, 5.74) is 2.09. The second-order valence-electron chi connectivity index (χ2n) is 7.02. The second-order valence-corrected chi connectivity index (χ2v) is 8.39. The number of hydrogen-bond acceptors (Lipinski definition) is 7. The van der Waals surface area contributed by atoms with E-state index in [0.29, 0.717) is 29.5 Å². The van der Waals surface area contributed by atoms with Gasteiger partial charge >= 0.3 is 0 Å². The number of methoxy groups -OCH3 is 2. The first-order valence-corrected chi connectivity index (χ1v) is 10.9. The van der Waals surface area contributed by atoms with Gasteiger partial charge in [-0.3, -0.25) is 4.98 Å². The van der Waals surface area contributed by atoms with Gasteiger partial charge in [-0.2, -0.15) is 13.7 Å². The number of pyridine rings is 1. The van der Waals surface area contributed by atoms with Crippen LogP contribution in [0.4, 0.5) is 5.69 Å². The Morgan fingerprint density at radius 2 is 1.93 bits per heavy atom. The summed E-state index contributed by atoms with van der Waals surface area (Å²) in [5.74, 6) is 1.57. The van der Waals surface area contributed by atoms with Gasteiger partial charge in [-0.15, -0.1) is 0 Å². The average molecular weight is 420 g/mol. The molecule has 0 aliphatic carbocycles. The molecule has 0 saturated carbocycles. The van der Waals surface area contributed by atoms with Crippen molar-refractivity contribution in [1.82, 2.24) is 9.71 Å². The van der Waals surface area contributed by atoms with Gasteiger partial charge in [0.05, 0.1) is 31.0 Å². The number of hydrogen-bond donors (Lipinski definition) is 2. The smallest absolute Gasteiger partial charge is 0.274 e. The van der Waals surface area contributed by atoms with E-state index in [1.807, 2.05) is 12.1 Å². The number of benzene rings is 1. The van der Waals surface area contributed by atoms with Gasteiger partial charge in [-0.25, -0.2) is 9.86 Å². The number of ether oxygens (including phenoxy) is 2. The number of nitriles is 1. The van der Waals surface area contributed by atoms with E-state index in [-0.39, 0.29) is 0 Å². The zero-order valence-corrected chi connectivity index (χ0v) is 17.3. The van der Waals surface area contributed by atoms with E-state index in [1.165, 1.54) is 0 Å². The molecule has 0 unspecified atom stereocenters. The zero-order chi connectivity index (χ0) is 21.0. The van der Waals surface area contributed by atoms with Gasteiger partial charge in [0.15, 0.2) is 11.5 Å². The molecule has 0 bridgehead atoms. The molecule has 2 aromatic rings. The minimum absolute atomic E-state index is 0.335. The highest BCUT2D eigenvalue weighted by atomic mass is 32.2. The summed E-state index contributed by atoms with van der Waals surface area (Å²) in [5, 5.41) is 15.4. The molecule has 156 valence electrons. The van der Waals surface area contributed by atoms with Gasteiger partial charge in [0.1, 0.15) is 6.07 Å². The number of nitrogens with one attached hydrogen (secondary N) is 1. The van der Waals surface area contributed by atoms with Crippen molar-refractivity contribution >= 4 is 26.8 Å². The topological polar surface area (TPSA) is 131 Å². The molecule has 10 heteroatoms. The predicted octanol–water partition coefficient (Wildman–Crippen LogP) is 1.52. The number of nitrogens with zero attached hydrogens (tertiary/aromatic N) is 3. The van der Waals surface area contributed by atoms with Crippen LogP contribution in [-0.2, 0) is 10.2 Å². The maximum atomic E-state index is 11.0. The van der Waals surface area contributed by atoms with Crippen molar-refractivity contribution in [2.45, 2.75) is 19.3 Å². The summed E-state index contributed by atoms with van der Waals surface area (Å²) in [7, 11) is -0.501. The number of nitrogens with two attached hydrogens (primary N) is 1. The number of aromatic nitrogens is 1. The van der Waals surface area contributed by atoms with E-state index in [4.69, 9.17) is 14.6 Å². The molecule has 0 radical (unpaired) electrons. The number of fused-ring (bicyclic) bond motifs is 1. The Morgan fingerprint density at radius 1 is 1.28 bits per heavy atom. The molecule has 1 aromatic carbocycles. The molecule has 1 fully saturated rings. The van der Waals surface area contributed by atoms with Gasteiger partial charge in [0, 0.05) is 37.3 Å². The Kier molecular flexibility index (Phi) is 6.42. The molecule has 0 amide bonds. The van der Waals surface area contributed by atoms with Gasteiger partial charge in [0.2, 0.25) is 0 Å². The maximum Gasteiger partial charge on any atom is 0.274 e. The van der Waals surface area contributed by atoms with E-state index in [1.54, 1.807) is 20.4 Å². The Hall–Kier alpha value is -2.61. The number of piperidine rings is 1. The van der Waals surface area contributed by atoms with Crippen molar-refractivity contribution in [3.8, 4) is 17.6 Å². The summed E-state index contributed by atoms with van der Waals surface area (Å²) < 4.78 is 35.1. The Morgan fingerprint density at radius 3 is 2.52 bits per heavy atom. The fourth-order valence-electron chi connectivity index (χ4n) is 3.78. The molecule has 29 heavy (non-hydrogen) atoms. The Balaban J connectivity index is 1.83. The lowest BCUT2D eigenvalue weighted by molar-refractivity contribution is 0.355. The third kappa shape index (κ3) is 4.87. The highest BCUT2D eigenvalue weighted by Gasteiger charge is 2.24. The Bertz CT molecular complexity index is 1030. The molecule has 1 aliphatic rings. The molecule has 9 nitrogen and oxygen atoms in total. The lowest BCUT2D eigenvalue weighted by Gasteiger charge is -2.34. The van der Waals surface area contributed by atoms with Crippen LogP contribution in [0.2, 0.25) is 0 Å². The van der Waals surface area contributed by atoms with E-state index in [2.05, 4.69) is 20.7 Å². The highest BCUT2D eigenvalue weighted by Crippen LogP contribution is 2.38. The summed E-state index contributed by atoms with van der Waals surface area (Å²) in [6.45, 7) is 1.87. The van der Waals surface area contributed by atoms with Gasteiger partial charge in [-0.05, 0) is 31.2 Å². The van der Waals surface area contributed by atoms with Crippen LogP contribution in [0.3, 0.4) is 0 Å². The minimum Gasteiger partial charge on any atom is -0.493 e. The average Bonchev–Trinajstić information content (AvgIpc) is 2.71. The fraction of sp³-hybridized carbons (Fsp3) is 0.474. The molecule has 2 heterocycles. The lowest BCUT2D eigenvalue weighted by atomic mass is 9.92. The monoisotopic (exact) mass is 419 g/mol. The summed E-state index contributed by atoms with van der Waals surface area (Å²) >= 11 is 0. The van der Waals surface area contributed by atoms with Crippen molar-refractivity contribution in [2.75, 3.05) is 38.8 Å². The largest absolute Gasteiger partial charge is 0.493 e. The van der Waals surface area contributed by atoms with E-state index in [9.17, 15) is 13.7 Å². The normalized spacial score (nSPS) is 15.3. The maximum absolute atomic E-state index is 11.0. The molecule has 1 aromatic heterocycles. The van der Waals surface area contributed by atoms with E-state index in [0.717, 1.165) is 48.9 Å². The van der Waals surface area contributed by atoms with Crippen LogP contribution in [-0.4, -0.2) is 47.3 Å². The van der Waals surface area contributed by atoms with Crippen LogP contribution in [0.15, 0.2) is 18.3 Å². The third-order valence-corrected chi connectivity index (χ3v) is 5.86. The van der Waals surface area contributed by atoms with Crippen LogP contribution in [0.5, 0.6) is 11.5 Å². The first-order valence-electron chi connectivity index (χ1n) is 9.33. The summed E-state index contributed by atoms with van der Waals surface area (Å²) in [6.07, 6.45) is 4.12. The van der Waals surface area contributed by atoms with Crippen LogP contribution >= 0.6 is 0 Å². The lowest BCUT2D eigenvalue weighted by Crippen LogP contribution is -2.37. The Labute approximate surface area is 170 Å². The molecule has 3 N–H and O–H groups in total. The van der Waals surface area contributed by atoms with E-state index >= 15 is 0 Å². The highest BCUT2D eigenvalue weighted by molar-refractivity contribution is 7.87. The van der Waals surface area contributed by atoms with Gasteiger partial charge in [0.25, 0.3) is 10.2 Å². The number of rotatable bonds is 7. The molecular formula is C19H25N5O4S. The van der Waals surface area contributed by atoms with Crippen molar-refractivity contribution in [2.24, 2.45) is 11.1 Å². The third-order valence-electron chi connectivity index (χ3n) is 5.25. The van der Waals surface area contributed by atoms with Gasteiger partial charge < -0.3 is 14.4 Å². The van der Waals surface area contributed by atoms with Crippen molar-refractivity contribution in [1.29, 1.82) is 5.26 Å². The molecule has 0 spiro atoms. The summed E-state index contributed by atoms with van der Waals surface area (Å²) in [4.78, 5) is 6.60. The minimum atomic E-state index is -3.65. The first kappa shape index (κ1) is 21.1. The molecule has 1 saturated heterocycles. The van der Waals surface area contributed by atoms with Crippen LogP contribution in [0.25, 0.3) is 10.9 Å². The molecular weight excluding hydrogens is 394 g/mol. The van der Waals surface area contributed by atoms with Crippen molar-refractivity contribution in [3.05, 3.63) is 23.9 Å². The zero-order valence-electron chi connectivity index (χ0n) is 16.5. The van der Waals surface area contributed by atoms with Crippen LogP contribution < -0.4 is 24.2 Å². The number of anilines is 1.